The molecule has 2 aliphatic heterocycles. The predicted molar refractivity (Wildman–Crippen MR) is 120 cm³/mol. The van der Waals surface area contributed by atoms with Gasteiger partial charge in [-0.1, -0.05) is 35.6 Å². The molecule has 5 rings (SSSR count). The lowest BCUT2D eigenvalue weighted by molar-refractivity contribution is -0.136. The van der Waals surface area contributed by atoms with Crippen LogP contribution in [-0.4, -0.2) is 55.1 Å². The molecule has 2 aromatic carbocycles. The van der Waals surface area contributed by atoms with Crippen molar-refractivity contribution in [2.45, 2.75) is 12.8 Å². The molecule has 3 heterocycles. The Hall–Kier alpha value is -2.67. The molecule has 0 aliphatic carbocycles. The molecule has 0 unspecified atom stereocenters. The minimum atomic E-state index is -0.195. The van der Waals surface area contributed by atoms with Gasteiger partial charge >= 0.3 is 0 Å². The maximum atomic E-state index is 14.0. The van der Waals surface area contributed by atoms with Gasteiger partial charge in [-0.2, -0.15) is 0 Å². The molecule has 1 aromatic heterocycles. The van der Waals surface area contributed by atoms with Gasteiger partial charge in [-0.3, -0.25) is 4.79 Å². The van der Waals surface area contributed by atoms with E-state index in [2.05, 4.69) is 11.0 Å². The van der Waals surface area contributed by atoms with E-state index in [0.717, 1.165) is 36.6 Å². The fraction of sp³-hybridized carbons (Fsp3) is 0.391. The van der Waals surface area contributed by atoms with E-state index in [0.29, 0.717) is 31.9 Å². The number of benzene rings is 2. The van der Waals surface area contributed by atoms with E-state index in [4.69, 9.17) is 4.98 Å². The van der Waals surface area contributed by atoms with Crippen LogP contribution in [0.4, 0.5) is 15.2 Å². The monoisotopic (exact) mass is 424 g/mol. The summed E-state index contributed by atoms with van der Waals surface area (Å²) in [6, 6.07) is 15.1. The fourth-order valence-electron chi connectivity index (χ4n) is 4.45. The lowest BCUT2D eigenvalue weighted by atomic mass is 9.95. The summed E-state index contributed by atoms with van der Waals surface area (Å²) < 4.78 is 15.2. The molecule has 2 fully saturated rings. The number of carbonyl (C=O) groups excluding carboxylic acids is 1. The van der Waals surface area contributed by atoms with Gasteiger partial charge in [0.15, 0.2) is 5.13 Å². The molecule has 5 nitrogen and oxygen atoms in total. The van der Waals surface area contributed by atoms with E-state index >= 15 is 0 Å². The average molecular weight is 425 g/mol. The molecule has 3 aromatic rings. The number of carbonyl (C=O) groups is 1. The van der Waals surface area contributed by atoms with Crippen molar-refractivity contribution >= 4 is 38.3 Å². The molecular weight excluding hydrogens is 399 g/mol. The van der Waals surface area contributed by atoms with Gasteiger partial charge < -0.3 is 14.7 Å². The molecule has 0 bridgehead atoms. The lowest BCUT2D eigenvalue weighted by Crippen LogP contribution is -2.51. The van der Waals surface area contributed by atoms with Crippen LogP contribution in [-0.2, 0) is 4.79 Å². The van der Waals surface area contributed by atoms with Crippen LogP contribution in [0, 0.1) is 11.7 Å². The molecule has 0 N–H and O–H groups in total. The summed E-state index contributed by atoms with van der Waals surface area (Å²) in [5.74, 6) is 0.141. The molecule has 0 radical (unpaired) electrons. The highest BCUT2D eigenvalue weighted by Gasteiger charge is 2.31. The van der Waals surface area contributed by atoms with E-state index in [9.17, 15) is 9.18 Å². The molecule has 156 valence electrons. The largest absolute Gasteiger partial charge is 0.366 e. The molecule has 0 saturated carbocycles. The van der Waals surface area contributed by atoms with Gasteiger partial charge in [-0.05, 0) is 37.1 Å². The number of rotatable bonds is 3. The first-order valence-corrected chi connectivity index (χ1v) is 11.4. The van der Waals surface area contributed by atoms with Crippen molar-refractivity contribution in [3.63, 3.8) is 0 Å². The standard InChI is InChI=1S/C23H25FN4OS/c24-18-5-1-3-7-20(18)26-13-15-27(16-14-26)22(29)17-9-11-28(12-10-17)23-25-19-6-2-4-8-21(19)30-23/h1-8,17H,9-16H2. The van der Waals surface area contributed by atoms with Gasteiger partial charge in [0.2, 0.25) is 5.91 Å². The Labute approximate surface area is 179 Å². The number of hydrogen-bond donors (Lipinski definition) is 0. The van der Waals surface area contributed by atoms with Crippen molar-refractivity contribution in [1.29, 1.82) is 0 Å². The number of anilines is 2. The summed E-state index contributed by atoms with van der Waals surface area (Å²) in [6.45, 7) is 4.40. The van der Waals surface area contributed by atoms with Gasteiger partial charge in [0, 0.05) is 45.2 Å². The van der Waals surface area contributed by atoms with Crippen molar-refractivity contribution in [1.82, 2.24) is 9.88 Å². The van der Waals surface area contributed by atoms with E-state index < -0.39 is 0 Å². The summed E-state index contributed by atoms with van der Waals surface area (Å²) in [7, 11) is 0. The maximum absolute atomic E-state index is 14.0. The van der Waals surface area contributed by atoms with Gasteiger partial charge in [0.25, 0.3) is 0 Å². The van der Waals surface area contributed by atoms with Crippen molar-refractivity contribution in [3.05, 3.63) is 54.3 Å². The second-order valence-corrected chi connectivity index (χ2v) is 9.00. The molecule has 0 atom stereocenters. The van der Waals surface area contributed by atoms with Crippen LogP contribution >= 0.6 is 11.3 Å². The minimum Gasteiger partial charge on any atom is -0.366 e. The van der Waals surface area contributed by atoms with Crippen LogP contribution in [0.25, 0.3) is 10.2 Å². The molecule has 0 spiro atoms. The fourth-order valence-corrected chi connectivity index (χ4v) is 5.46. The zero-order valence-corrected chi connectivity index (χ0v) is 17.7. The van der Waals surface area contributed by atoms with Crippen molar-refractivity contribution < 1.29 is 9.18 Å². The first-order valence-electron chi connectivity index (χ1n) is 10.6. The average Bonchev–Trinajstić information content (AvgIpc) is 3.24. The smallest absolute Gasteiger partial charge is 0.225 e. The van der Waals surface area contributed by atoms with Crippen LogP contribution in [0.5, 0.6) is 0 Å². The topological polar surface area (TPSA) is 39.7 Å². The van der Waals surface area contributed by atoms with Crippen LogP contribution in [0.1, 0.15) is 12.8 Å². The number of para-hydroxylation sites is 2. The van der Waals surface area contributed by atoms with Gasteiger partial charge in [-0.15, -0.1) is 0 Å². The third kappa shape index (κ3) is 3.74. The third-order valence-electron chi connectivity index (χ3n) is 6.18. The lowest BCUT2D eigenvalue weighted by Gasteiger charge is -2.39. The van der Waals surface area contributed by atoms with E-state index in [1.807, 2.05) is 40.1 Å². The number of hydrogen-bond acceptors (Lipinski definition) is 5. The molecular formula is C23H25FN4OS. The van der Waals surface area contributed by atoms with Crippen molar-refractivity contribution in [2.24, 2.45) is 5.92 Å². The quantitative estimate of drug-likeness (QED) is 0.637. The Morgan fingerprint density at radius 2 is 1.60 bits per heavy atom. The third-order valence-corrected chi connectivity index (χ3v) is 7.28. The summed E-state index contributed by atoms with van der Waals surface area (Å²) in [6.07, 6.45) is 1.73. The number of amides is 1. The summed E-state index contributed by atoms with van der Waals surface area (Å²) >= 11 is 1.72. The number of fused-ring (bicyclic) bond motifs is 1. The highest BCUT2D eigenvalue weighted by molar-refractivity contribution is 7.22. The molecule has 2 saturated heterocycles. The highest BCUT2D eigenvalue weighted by Crippen LogP contribution is 2.32. The second kappa shape index (κ2) is 8.22. The summed E-state index contributed by atoms with van der Waals surface area (Å²) in [5.41, 5.74) is 1.68. The maximum Gasteiger partial charge on any atom is 0.225 e. The number of piperazine rings is 1. The Balaban J connectivity index is 1.16. The first kappa shape index (κ1) is 19.3. The zero-order valence-electron chi connectivity index (χ0n) is 16.8. The van der Waals surface area contributed by atoms with Crippen molar-refractivity contribution in [2.75, 3.05) is 49.1 Å². The summed E-state index contributed by atoms with van der Waals surface area (Å²) in [4.78, 5) is 24.1. The van der Waals surface area contributed by atoms with Crippen LogP contribution in [0.2, 0.25) is 0 Å². The first-order chi connectivity index (χ1) is 14.7. The number of thiazole rings is 1. The van der Waals surface area contributed by atoms with Crippen LogP contribution in [0.3, 0.4) is 0 Å². The van der Waals surface area contributed by atoms with Crippen molar-refractivity contribution in [3.8, 4) is 0 Å². The van der Waals surface area contributed by atoms with E-state index in [-0.39, 0.29) is 17.6 Å². The summed E-state index contributed by atoms with van der Waals surface area (Å²) in [5, 5.41) is 1.06. The van der Waals surface area contributed by atoms with Gasteiger partial charge in [-0.25, -0.2) is 9.37 Å². The highest BCUT2D eigenvalue weighted by atomic mass is 32.1. The van der Waals surface area contributed by atoms with Gasteiger partial charge in [0.1, 0.15) is 5.82 Å². The zero-order chi connectivity index (χ0) is 20.5. The molecule has 30 heavy (non-hydrogen) atoms. The normalized spacial score (nSPS) is 18.2. The number of aromatic nitrogens is 1. The Morgan fingerprint density at radius 1 is 0.900 bits per heavy atom. The second-order valence-electron chi connectivity index (χ2n) is 7.99. The predicted octanol–water partition coefficient (Wildman–Crippen LogP) is 4.00. The Bertz CT molecular complexity index is 1010. The molecule has 1 amide bonds. The van der Waals surface area contributed by atoms with Crippen LogP contribution in [0.15, 0.2) is 48.5 Å². The minimum absolute atomic E-state index is 0.0793. The molecule has 7 heteroatoms. The van der Waals surface area contributed by atoms with Crippen LogP contribution < -0.4 is 9.80 Å². The molecule has 2 aliphatic rings. The van der Waals surface area contributed by atoms with E-state index in [1.165, 1.54) is 10.8 Å². The number of nitrogens with zero attached hydrogens (tertiary/aromatic N) is 4. The SMILES string of the molecule is O=C(C1CCN(c2nc3ccccc3s2)CC1)N1CCN(c2ccccc2F)CC1. The number of piperidine rings is 1. The number of halogens is 1. The Morgan fingerprint density at radius 3 is 2.33 bits per heavy atom. The Kier molecular flexibility index (Phi) is 5.29. The van der Waals surface area contributed by atoms with E-state index in [1.54, 1.807) is 17.4 Å². The van der Waals surface area contributed by atoms with Gasteiger partial charge in [0.05, 0.1) is 15.9 Å².